The van der Waals surface area contributed by atoms with Gasteiger partial charge in [0.25, 0.3) is 5.91 Å². The molecule has 0 bridgehead atoms. The van der Waals surface area contributed by atoms with Crippen molar-refractivity contribution in [3.63, 3.8) is 0 Å². The Bertz CT molecular complexity index is 665. The van der Waals surface area contributed by atoms with Crippen LogP contribution in [0.5, 0.6) is 0 Å². The van der Waals surface area contributed by atoms with E-state index in [0.717, 1.165) is 24.6 Å². The fourth-order valence-electron chi connectivity index (χ4n) is 3.13. The summed E-state index contributed by atoms with van der Waals surface area (Å²) in [6, 6.07) is 9.07. The molecule has 2 N–H and O–H groups in total. The van der Waals surface area contributed by atoms with E-state index in [9.17, 15) is 14.7 Å². The van der Waals surface area contributed by atoms with Gasteiger partial charge < -0.3 is 14.8 Å². The van der Waals surface area contributed by atoms with Crippen LogP contribution >= 0.6 is 0 Å². The molecule has 1 aromatic carbocycles. The SMILES string of the molecule is O=C(NCC1(C(=O)O)CCCCC1)c1cc2ccccc2o1. The van der Waals surface area contributed by atoms with Gasteiger partial charge in [-0.3, -0.25) is 9.59 Å². The van der Waals surface area contributed by atoms with Gasteiger partial charge in [0.2, 0.25) is 0 Å². The number of benzene rings is 1. The Kier molecular flexibility index (Phi) is 3.88. The Morgan fingerprint density at radius 2 is 1.91 bits per heavy atom. The smallest absolute Gasteiger partial charge is 0.311 e. The second-order valence-electron chi connectivity index (χ2n) is 5.98. The summed E-state index contributed by atoms with van der Waals surface area (Å²) in [7, 11) is 0. The van der Waals surface area contributed by atoms with Crippen LogP contribution in [0.2, 0.25) is 0 Å². The molecular weight excluding hydrogens is 282 g/mol. The van der Waals surface area contributed by atoms with E-state index in [4.69, 9.17) is 4.42 Å². The maximum atomic E-state index is 12.2. The molecule has 0 aliphatic heterocycles. The number of rotatable bonds is 4. The second kappa shape index (κ2) is 5.83. The average Bonchev–Trinajstić information content (AvgIpc) is 2.97. The molecule has 22 heavy (non-hydrogen) atoms. The molecule has 1 amide bonds. The van der Waals surface area contributed by atoms with Gasteiger partial charge in [0.05, 0.1) is 5.41 Å². The predicted molar refractivity (Wildman–Crippen MR) is 81.7 cm³/mol. The van der Waals surface area contributed by atoms with Crippen molar-refractivity contribution in [2.45, 2.75) is 32.1 Å². The summed E-state index contributed by atoms with van der Waals surface area (Å²) >= 11 is 0. The third-order valence-electron chi connectivity index (χ3n) is 4.50. The Morgan fingerprint density at radius 1 is 1.18 bits per heavy atom. The highest BCUT2D eigenvalue weighted by Gasteiger charge is 2.40. The van der Waals surface area contributed by atoms with Crippen LogP contribution in [-0.2, 0) is 4.79 Å². The summed E-state index contributed by atoms with van der Waals surface area (Å²) < 4.78 is 5.50. The molecule has 0 spiro atoms. The fraction of sp³-hybridized carbons (Fsp3) is 0.412. The van der Waals surface area contributed by atoms with Crippen LogP contribution < -0.4 is 5.32 Å². The van der Waals surface area contributed by atoms with E-state index in [0.29, 0.717) is 18.4 Å². The quantitative estimate of drug-likeness (QED) is 0.909. The van der Waals surface area contributed by atoms with Gasteiger partial charge in [-0.15, -0.1) is 0 Å². The Hall–Kier alpha value is -2.30. The number of fused-ring (bicyclic) bond motifs is 1. The number of furan rings is 1. The van der Waals surface area contributed by atoms with E-state index in [2.05, 4.69) is 5.32 Å². The maximum Gasteiger partial charge on any atom is 0.311 e. The summed E-state index contributed by atoms with van der Waals surface area (Å²) in [6.45, 7) is 0.151. The average molecular weight is 301 g/mol. The third-order valence-corrected chi connectivity index (χ3v) is 4.50. The van der Waals surface area contributed by atoms with E-state index in [-0.39, 0.29) is 18.2 Å². The van der Waals surface area contributed by atoms with Crippen molar-refractivity contribution in [2.75, 3.05) is 6.54 Å². The zero-order valence-electron chi connectivity index (χ0n) is 12.3. The van der Waals surface area contributed by atoms with Crippen molar-refractivity contribution in [1.29, 1.82) is 0 Å². The molecular formula is C17H19NO4. The molecule has 1 aromatic heterocycles. The topological polar surface area (TPSA) is 79.5 Å². The number of hydrogen-bond acceptors (Lipinski definition) is 3. The van der Waals surface area contributed by atoms with Gasteiger partial charge in [-0.05, 0) is 25.0 Å². The fourth-order valence-corrected chi connectivity index (χ4v) is 3.13. The summed E-state index contributed by atoms with van der Waals surface area (Å²) in [5.41, 5.74) is -0.182. The molecule has 0 saturated heterocycles. The monoisotopic (exact) mass is 301 g/mol. The molecule has 1 aliphatic carbocycles. The van der Waals surface area contributed by atoms with Crippen LogP contribution in [0, 0.1) is 5.41 Å². The lowest BCUT2D eigenvalue weighted by Crippen LogP contribution is -2.44. The molecule has 1 heterocycles. The van der Waals surface area contributed by atoms with E-state index >= 15 is 0 Å². The highest BCUT2D eigenvalue weighted by atomic mass is 16.4. The van der Waals surface area contributed by atoms with Gasteiger partial charge in [-0.1, -0.05) is 37.5 Å². The molecule has 116 valence electrons. The van der Waals surface area contributed by atoms with Gasteiger partial charge in [0.1, 0.15) is 5.58 Å². The number of amides is 1. The minimum atomic E-state index is -0.833. The lowest BCUT2D eigenvalue weighted by Gasteiger charge is -2.33. The van der Waals surface area contributed by atoms with Crippen molar-refractivity contribution < 1.29 is 19.1 Å². The number of carbonyl (C=O) groups excluding carboxylic acids is 1. The highest BCUT2D eigenvalue weighted by molar-refractivity contribution is 5.96. The van der Waals surface area contributed by atoms with Crippen LogP contribution in [-0.4, -0.2) is 23.5 Å². The predicted octanol–water partition coefficient (Wildman–Crippen LogP) is 3.20. The molecule has 0 atom stereocenters. The largest absolute Gasteiger partial charge is 0.481 e. The van der Waals surface area contributed by atoms with E-state index in [1.165, 1.54) is 0 Å². The van der Waals surface area contributed by atoms with Crippen LogP contribution in [0.1, 0.15) is 42.7 Å². The van der Waals surface area contributed by atoms with Crippen LogP contribution in [0.4, 0.5) is 0 Å². The molecule has 5 nitrogen and oxygen atoms in total. The lowest BCUT2D eigenvalue weighted by molar-refractivity contribution is -0.150. The minimum absolute atomic E-state index is 0.151. The Balaban J connectivity index is 1.72. The first-order chi connectivity index (χ1) is 10.6. The first kappa shape index (κ1) is 14.6. The number of hydrogen-bond donors (Lipinski definition) is 2. The van der Waals surface area contributed by atoms with Crippen molar-refractivity contribution in [3.05, 3.63) is 36.1 Å². The van der Waals surface area contributed by atoms with Crippen molar-refractivity contribution in [3.8, 4) is 0 Å². The minimum Gasteiger partial charge on any atom is -0.481 e. The van der Waals surface area contributed by atoms with E-state index < -0.39 is 11.4 Å². The third kappa shape index (κ3) is 2.71. The normalized spacial score (nSPS) is 17.3. The number of carboxylic acid groups (broad SMARTS) is 1. The van der Waals surface area contributed by atoms with Gasteiger partial charge >= 0.3 is 5.97 Å². The number of nitrogens with one attached hydrogen (secondary N) is 1. The summed E-state index contributed by atoms with van der Waals surface area (Å²) in [4.78, 5) is 23.8. The zero-order valence-corrected chi connectivity index (χ0v) is 12.3. The number of carbonyl (C=O) groups is 2. The molecule has 2 aromatic rings. The molecule has 1 aliphatic rings. The van der Waals surface area contributed by atoms with E-state index in [1.54, 1.807) is 12.1 Å². The number of para-hydroxylation sites is 1. The molecule has 0 unspecified atom stereocenters. The Morgan fingerprint density at radius 3 is 2.59 bits per heavy atom. The molecule has 0 radical (unpaired) electrons. The van der Waals surface area contributed by atoms with Crippen LogP contribution in [0.3, 0.4) is 0 Å². The van der Waals surface area contributed by atoms with Crippen LogP contribution in [0.15, 0.2) is 34.7 Å². The van der Waals surface area contributed by atoms with Crippen molar-refractivity contribution in [2.24, 2.45) is 5.41 Å². The first-order valence-corrected chi connectivity index (χ1v) is 7.61. The summed E-state index contributed by atoms with van der Waals surface area (Å²) in [5.74, 6) is -0.961. The molecule has 5 heteroatoms. The number of aliphatic carboxylic acids is 1. The van der Waals surface area contributed by atoms with Crippen molar-refractivity contribution in [1.82, 2.24) is 5.32 Å². The standard InChI is InChI=1S/C17H19NO4/c19-15(14-10-12-6-2-3-7-13(12)22-14)18-11-17(16(20)21)8-4-1-5-9-17/h2-3,6-7,10H,1,4-5,8-9,11H2,(H,18,19)(H,20,21). The second-order valence-corrected chi connectivity index (χ2v) is 5.98. The first-order valence-electron chi connectivity index (χ1n) is 7.61. The van der Waals surface area contributed by atoms with Gasteiger partial charge in [-0.2, -0.15) is 0 Å². The van der Waals surface area contributed by atoms with Crippen molar-refractivity contribution >= 4 is 22.8 Å². The zero-order chi connectivity index (χ0) is 15.6. The number of carboxylic acids is 1. The summed E-state index contributed by atoms with van der Waals surface area (Å²) in [6.07, 6.45) is 4.08. The molecule has 1 fully saturated rings. The van der Waals surface area contributed by atoms with E-state index in [1.807, 2.05) is 18.2 Å². The van der Waals surface area contributed by atoms with Crippen LogP contribution in [0.25, 0.3) is 11.0 Å². The lowest BCUT2D eigenvalue weighted by atomic mass is 9.74. The van der Waals surface area contributed by atoms with Gasteiger partial charge in [-0.25, -0.2) is 0 Å². The highest BCUT2D eigenvalue weighted by Crippen LogP contribution is 2.36. The van der Waals surface area contributed by atoms with Gasteiger partial charge in [0, 0.05) is 11.9 Å². The maximum absolute atomic E-state index is 12.2. The summed E-state index contributed by atoms with van der Waals surface area (Å²) in [5, 5.41) is 13.1. The molecule has 1 saturated carbocycles. The Labute approximate surface area is 128 Å². The van der Waals surface area contributed by atoms with Gasteiger partial charge in [0.15, 0.2) is 5.76 Å². The molecule has 3 rings (SSSR count).